The van der Waals surface area contributed by atoms with Crippen molar-refractivity contribution in [2.45, 2.75) is 37.4 Å². The van der Waals surface area contributed by atoms with Crippen molar-refractivity contribution in [3.8, 4) is 0 Å². The van der Waals surface area contributed by atoms with E-state index in [2.05, 4.69) is 21.6 Å². The first-order valence-electron chi connectivity index (χ1n) is 7.55. The average Bonchev–Trinajstić information content (AvgIpc) is 2.91. The van der Waals surface area contributed by atoms with Crippen LogP contribution in [0.15, 0.2) is 34.5 Å². The van der Waals surface area contributed by atoms with Crippen molar-refractivity contribution in [1.29, 1.82) is 0 Å². The predicted octanol–water partition coefficient (Wildman–Crippen LogP) is 2.18. The zero-order chi connectivity index (χ0) is 16.2. The van der Waals surface area contributed by atoms with E-state index in [-0.39, 0.29) is 12.3 Å². The molecule has 23 heavy (non-hydrogen) atoms. The van der Waals surface area contributed by atoms with Gasteiger partial charge in [-0.25, -0.2) is 0 Å². The van der Waals surface area contributed by atoms with Crippen molar-refractivity contribution in [3.05, 3.63) is 35.4 Å². The lowest BCUT2D eigenvalue weighted by atomic mass is 9.90. The van der Waals surface area contributed by atoms with Gasteiger partial charge in [0.15, 0.2) is 5.17 Å². The fourth-order valence-electron chi connectivity index (χ4n) is 2.71. The molecule has 1 saturated heterocycles. The number of carboxylic acid groups (broad SMARTS) is 1. The highest BCUT2D eigenvalue weighted by molar-refractivity contribution is 8.15. The number of amides is 1. The molecule has 0 aromatic heterocycles. The van der Waals surface area contributed by atoms with E-state index in [0.717, 1.165) is 30.5 Å². The number of fused-ring (bicyclic) bond motifs is 1. The second-order valence-corrected chi connectivity index (χ2v) is 6.68. The van der Waals surface area contributed by atoms with Crippen LogP contribution in [0.1, 0.15) is 36.8 Å². The van der Waals surface area contributed by atoms with Crippen molar-refractivity contribution < 1.29 is 14.7 Å². The quantitative estimate of drug-likeness (QED) is 0.827. The van der Waals surface area contributed by atoms with Crippen molar-refractivity contribution in [3.63, 3.8) is 0 Å². The van der Waals surface area contributed by atoms with Crippen molar-refractivity contribution in [2.75, 3.05) is 0 Å². The number of benzene rings is 1. The molecule has 1 aromatic carbocycles. The second kappa shape index (κ2) is 6.95. The summed E-state index contributed by atoms with van der Waals surface area (Å²) in [5, 5.41) is 19.9. The highest BCUT2D eigenvalue weighted by Gasteiger charge is 2.30. The molecule has 7 heteroatoms. The maximum absolute atomic E-state index is 11.8. The molecular weight excluding hydrogens is 314 g/mol. The third-order valence-corrected chi connectivity index (χ3v) is 4.99. The van der Waals surface area contributed by atoms with Crippen LogP contribution >= 0.6 is 11.8 Å². The van der Waals surface area contributed by atoms with Crippen LogP contribution in [0.5, 0.6) is 0 Å². The van der Waals surface area contributed by atoms with Crippen LogP contribution in [0.3, 0.4) is 0 Å². The van der Waals surface area contributed by atoms with Crippen molar-refractivity contribution in [1.82, 2.24) is 5.32 Å². The zero-order valence-corrected chi connectivity index (χ0v) is 13.3. The lowest BCUT2D eigenvalue weighted by Crippen LogP contribution is -2.25. The molecule has 120 valence electrons. The standard InChI is InChI=1S/C16H17N3O3S/c20-14(21)9-8-13-15(22)17-16(23-13)19-18-12-7-3-5-10-4-1-2-6-11(10)12/h1-2,4,6,13H,3,5,7-9H2,(H,20,21)(H,17,19,22)/b18-12-. The maximum atomic E-state index is 11.8. The van der Waals surface area contributed by atoms with E-state index in [9.17, 15) is 9.59 Å². The minimum atomic E-state index is -0.900. The van der Waals surface area contributed by atoms with E-state index in [1.165, 1.54) is 17.3 Å². The Kier molecular flexibility index (Phi) is 4.76. The van der Waals surface area contributed by atoms with Gasteiger partial charge >= 0.3 is 5.97 Å². The molecule has 1 aromatic rings. The normalized spacial score (nSPS) is 23.8. The summed E-state index contributed by atoms with van der Waals surface area (Å²) in [5.74, 6) is -1.10. The van der Waals surface area contributed by atoms with Crippen LogP contribution in [0.25, 0.3) is 0 Å². The SMILES string of the molecule is O=C(O)CCC1S/C(=N\N=C2\CCCc3ccccc32)NC1=O. The number of hydrogen-bond acceptors (Lipinski definition) is 5. The Bertz CT molecular complexity index is 700. The third-order valence-electron chi connectivity index (χ3n) is 3.85. The molecule has 0 saturated carbocycles. The number of rotatable bonds is 4. The number of aryl methyl sites for hydroxylation is 1. The van der Waals surface area contributed by atoms with E-state index in [4.69, 9.17) is 5.11 Å². The van der Waals surface area contributed by atoms with Gasteiger partial charge in [-0.2, -0.15) is 5.10 Å². The van der Waals surface area contributed by atoms with Crippen molar-refractivity contribution in [2.24, 2.45) is 10.2 Å². The molecule has 6 nitrogen and oxygen atoms in total. The molecule has 1 fully saturated rings. The van der Waals surface area contributed by atoms with E-state index in [1.807, 2.05) is 18.2 Å². The Morgan fingerprint density at radius 1 is 1.30 bits per heavy atom. The molecular formula is C16H17N3O3S. The molecule has 2 N–H and O–H groups in total. The largest absolute Gasteiger partial charge is 0.481 e. The summed E-state index contributed by atoms with van der Waals surface area (Å²) < 4.78 is 0. The van der Waals surface area contributed by atoms with Gasteiger partial charge in [0, 0.05) is 12.0 Å². The second-order valence-electron chi connectivity index (χ2n) is 5.49. The molecule has 0 bridgehead atoms. The number of hydrogen-bond donors (Lipinski definition) is 2. The summed E-state index contributed by atoms with van der Waals surface area (Å²) >= 11 is 1.25. The van der Waals surface area contributed by atoms with Gasteiger partial charge in [0.05, 0.1) is 11.0 Å². The van der Waals surface area contributed by atoms with Gasteiger partial charge in [-0.1, -0.05) is 36.0 Å². The number of carbonyl (C=O) groups excluding carboxylic acids is 1. The molecule has 2 aliphatic rings. The predicted molar refractivity (Wildman–Crippen MR) is 89.7 cm³/mol. The molecule has 1 aliphatic heterocycles. The van der Waals surface area contributed by atoms with Crippen molar-refractivity contribution >= 4 is 34.5 Å². The number of thioether (sulfide) groups is 1. The Hall–Kier alpha value is -2.15. The van der Waals surface area contributed by atoms with Gasteiger partial charge in [0.2, 0.25) is 5.91 Å². The molecule has 1 unspecified atom stereocenters. The van der Waals surface area contributed by atoms with Crippen LogP contribution in [0, 0.1) is 0 Å². The summed E-state index contributed by atoms with van der Waals surface area (Å²) in [5.41, 5.74) is 3.34. The molecule has 3 rings (SSSR count). The van der Waals surface area contributed by atoms with E-state index < -0.39 is 11.2 Å². The number of nitrogens with zero attached hydrogens (tertiary/aromatic N) is 2. The van der Waals surface area contributed by atoms with E-state index in [1.54, 1.807) is 0 Å². The summed E-state index contributed by atoms with van der Waals surface area (Å²) in [6.07, 6.45) is 3.23. The Morgan fingerprint density at radius 2 is 2.13 bits per heavy atom. The van der Waals surface area contributed by atoms with Crippen LogP contribution in [0.2, 0.25) is 0 Å². The molecule has 0 radical (unpaired) electrons. The Labute approximate surface area is 138 Å². The number of carboxylic acids is 1. The molecule has 1 aliphatic carbocycles. The van der Waals surface area contributed by atoms with Gasteiger partial charge in [0.1, 0.15) is 0 Å². The van der Waals surface area contributed by atoms with Crippen LogP contribution < -0.4 is 5.32 Å². The first kappa shape index (κ1) is 15.7. The summed E-state index contributed by atoms with van der Waals surface area (Å²) in [6.45, 7) is 0. The highest BCUT2D eigenvalue weighted by Crippen LogP contribution is 2.25. The Morgan fingerprint density at radius 3 is 2.96 bits per heavy atom. The van der Waals surface area contributed by atoms with Gasteiger partial charge < -0.3 is 10.4 Å². The van der Waals surface area contributed by atoms with Crippen LogP contribution in [0.4, 0.5) is 0 Å². The number of carbonyl (C=O) groups is 2. The molecule has 1 amide bonds. The monoisotopic (exact) mass is 331 g/mol. The summed E-state index contributed by atoms with van der Waals surface area (Å²) in [6, 6.07) is 8.16. The lowest BCUT2D eigenvalue weighted by Gasteiger charge is -2.16. The van der Waals surface area contributed by atoms with Crippen LogP contribution in [-0.4, -0.2) is 33.1 Å². The van der Waals surface area contributed by atoms with Gasteiger partial charge in [0.25, 0.3) is 0 Å². The zero-order valence-electron chi connectivity index (χ0n) is 12.5. The number of aliphatic carboxylic acids is 1. The smallest absolute Gasteiger partial charge is 0.303 e. The highest BCUT2D eigenvalue weighted by atomic mass is 32.2. The third kappa shape index (κ3) is 3.79. The molecule has 1 atom stereocenters. The maximum Gasteiger partial charge on any atom is 0.303 e. The number of nitrogens with one attached hydrogen (secondary N) is 1. The molecule has 0 spiro atoms. The lowest BCUT2D eigenvalue weighted by molar-refractivity contribution is -0.137. The minimum absolute atomic E-state index is 0.0275. The van der Waals surface area contributed by atoms with Crippen LogP contribution in [-0.2, 0) is 16.0 Å². The summed E-state index contributed by atoms with van der Waals surface area (Å²) in [7, 11) is 0. The fourth-order valence-corrected chi connectivity index (χ4v) is 3.63. The Balaban J connectivity index is 1.71. The van der Waals surface area contributed by atoms with Gasteiger partial charge in [-0.15, -0.1) is 5.10 Å². The first-order chi connectivity index (χ1) is 11.1. The van der Waals surface area contributed by atoms with E-state index in [0.29, 0.717) is 11.6 Å². The topological polar surface area (TPSA) is 91.1 Å². The van der Waals surface area contributed by atoms with Gasteiger partial charge in [-0.3, -0.25) is 9.59 Å². The average molecular weight is 331 g/mol. The molecule has 1 heterocycles. The minimum Gasteiger partial charge on any atom is -0.481 e. The fraction of sp³-hybridized carbons (Fsp3) is 0.375. The number of amidine groups is 1. The first-order valence-corrected chi connectivity index (χ1v) is 8.43. The van der Waals surface area contributed by atoms with Gasteiger partial charge in [-0.05, 0) is 31.2 Å². The summed E-state index contributed by atoms with van der Waals surface area (Å²) in [4.78, 5) is 22.4. The van der Waals surface area contributed by atoms with E-state index >= 15 is 0 Å².